The van der Waals surface area contributed by atoms with E-state index in [-0.39, 0.29) is 51.6 Å². The van der Waals surface area contributed by atoms with Crippen LogP contribution in [0.25, 0.3) is 0 Å². The summed E-state index contributed by atoms with van der Waals surface area (Å²) >= 11 is 0. The Hall–Kier alpha value is -0.0656. The van der Waals surface area contributed by atoms with Gasteiger partial charge in [-0.25, -0.2) is 42.1 Å². The van der Waals surface area contributed by atoms with Gasteiger partial charge in [0.1, 0.15) is 0 Å². The summed E-state index contributed by atoms with van der Waals surface area (Å²) in [5, 5.41) is 0. The fourth-order valence-corrected chi connectivity index (χ4v) is 2.17. The molecule has 26 heteroatoms. The predicted molar refractivity (Wildman–Crippen MR) is 107 cm³/mol. The van der Waals surface area contributed by atoms with E-state index in [1.165, 1.54) is 34.6 Å². The topological polar surface area (TPSA) is 332 Å². The Kier molecular flexibility index (Phi) is 34.3. The van der Waals surface area contributed by atoms with Crippen LogP contribution >= 0.6 is 0 Å². The van der Waals surface area contributed by atoms with Gasteiger partial charge >= 0.3 is 0 Å². The third-order valence-electron chi connectivity index (χ3n) is 1.31. The minimum absolute atomic E-state index is 0. The summed E-state index contributed by atoms with van der Waals surface area (Å²) in [4.78, 5) is 0. The van der Waals surface area contributed by atoms with E-state index < -0.39 is 52.0 Å². The molecule has 36 heavy (non-hydrogen) atoms. The average Bonchev–Trinajstić information content (AvgIpc) is 2.51. The average molecular weight is 677 g/mol. The first-order chi connectivity index (χ1) is 15.3. The van der Waals surface area contributed by atoms with Gasteiger partial charge in [0.05, 0.1) is 33.0 Å². The fourth-order valence-electron chi connectivity index (χ4n) is 0.722. The van der Waals surface area contributed by atoms with Crippen molar-refractivity contribution >= 4 is 52.0 Å². The second kappa shape index (κ2) is 25.2. The normalized spacial score (nSPS) is 11.4. The van der Waals surface area contributed by atoms with Crippen LogP contribution in [0.15, 0.2) is 0 Å². The molecule has 20 nitrogen and oxygen atoms in total. The molecule has 0 heterocycles. The van der Waals surface area contributed by atoms with E-state index in [1.807, 2.05) is 0 Å². The van der Waals surface area contributed by atoms with Gasteiger partial charge in [0.15, 0.2) is 0 Å². The van der Waals surface area contributed by atoms with Gasteiger partial charge in [0.2, 0.25) is 52.0 Å². The van der Waals surface area contributed by atoms with Crippen LogP contribution < -0.4 is 0 Å². The molecule has 0 saturated carbocycles. The summed E-state index contributed by atoms with van der Waals surface area (Å²) < 4.78 is 160. The number of hydrogen-bond acceptors (Lipinski definition) is 20. The van der Waals surface area contributed by atoms with Gasteiger partial charge in [0, 0.05) is 18.6 Å². The molecule has 0 rings (SSSR count). The van der Waals surface area contributed by atoms with Crippen molar-refractivity contribution in [2.75, 3.05) is 33.0 Å². The number of rotatable bonds is 10. The summed E-state index contributed by atoms with van der Waals surface area (Å²) in [5.41, 5.74) is 0. The van der Waals surface area contributed by atoms with E-state index >= 15 is 0 Å². The van der Waals surface area contributed by atoms with Crippen LogP contribution in [0.1, 0.15) is 34.6 Å². The predicted octanol–water partition coefficient (Wildman–Crippen LogP) is -2.59. The summed E-state index contributed by atoms with van der Waals surface area (Å²) in [6.45, 7) is 6.67. The number of hydrogen-bond donors (Lipinski definition) is 0. The minimum Gasteiger partial charge on any atom is -0.726 e. The third kappa shape index (κ3) is 92.6. The van der Waals surface area contributed by atoms with Gasteiger partial charge < -0.3 is 22.8 Å². The Balaban J connectivity index is -0.0000000776. The second-order valence-electron chi connectivity index (χ2n) is 4.07. The van der Waals surface area contributed by atoms with Crippen LogP contribution in [-0.2, 0) is 91.5 Å². The summed E-state index contributed by atoms with van der Waals surface area (Å²) in [5.74, 6) is 0. The van der Waals surface area contributed by atoms with Crippen LogP contribution in [0.2, 0.25) is 0 Å². The van der Waals surface area contributed by atoms with Gasteiger partial charge in [-0.05, 0) is 34.6 Å². The molecular weight excluding hydrogens is 651 g/mol. The first kappa shape index (κ1) is 48.9. The molecular formula is C10H25O20S5V-5. The monoisotopic (exact) mass is 676 g/mol. The molecule has 0 unspecified atom stereocenters. The Bertz CT molecular complexity index is 817. The molecule has 1 radical (unpaired) electrons. The van der Waals surface area contributed by atoms with Crippen molar-refractivity contribution in [3.63, 3.8) is 0 Å². The van der Waals surface area contributed by atoms with Crippen LogP contribution in [0, 0.1) is 0 Å². The summed E-state index contributed by atoms with van der Waals surface area (Å²) in [7, 11) is -22.1. The molecule has 0 bridgehead atoms. The zero-order valence-corrected chi connectivity index (χ0v) is 24.7. The van der Waals surface area contributed by atoms with Crippen LogP contribution in [0.5, 0.6) is 0 Å². The Labute approximate surface area is 223 Å². The van der Waals surface area contributed by atoms with E-state index in [4.69, 9.17) is 0 Å². The molecule has 0 saturated heterocycles. The SMILES string of the molecule is CCOS(=O)(=O)[O-].CCOS(=O)(=O)[O-].CCOS(=O)(=O)[O-].CCOS(=O)(=O)[O-].CCOS(=O)(=O)[O-].[V]. The Morgan fingerprint density at radius 2 is 0.444 bits per heavy atom. The van der Waals surface area contributed by atoms with Gasteiger partial charge in [-0.15, -0.1) is 0 Å². The maximum absolute atomic E-state index is 9.45. The van der Waals surface area contributed by atoms with Crippen molar-refractivity contribution in [2.24, 2.45) is 0 Å². The maximum Gasteiger partial charge on any atom is 0.217 e. The molecule has 0 fully saturated rings. The van der Waals surface area contributed by atoms with Crippen LogP contribution in [-0.4, -0.2) is 97.9 Å². The Morgan fingerprint density at radius 1 is 0.361 bits per heavy atom. The molecule has 0 spiro atoms. The van der Waals surface area contributed by atoms with Gasteiger partial charge in [-0.3, -0.25) is 20.9 Å². The largest absolute Gasteiger partial charge is 0.726 e. The van der Waals surface area contributed by atoms with E-state index in [2.05, 4.69) is 20.9 Å². The molecule has 0 aromatic carbocycles. The fraction of sp³-hybridized carbons (Fsp3) is 1.00. The molecule has 0 aliphatic rings. The van der Waals surface area contributed by atoms with Crippen LogP contribution in [0.4, 0.5) is 0 Å². The smallest absolute Gasteiger partial charge is 0.217 e. The zero-order valence-electron chi connectivity index (χ0n) is 19.2. The van der Waals surface area contributed by atoms with Crippen molar-refractivity contribution in [1.82, 2.24) is 0 Å². The van der Waals surface area contributed by atoms with E-state index in [1.54, 1.807) is 0 Å². The summed E-state index contributed by atoms with van der Waals surface area (Å²) in [6, 6.07) is 0. The van der Waals surface area contributed by atoms with Crippen molar-refractivity contribution in [2.45, 2.75) is 34.6 Å². The van der Waals surface area contributed by atoms with Crippen LogP contribution in [0.3, 0.4) is 0 Å². The standard InChI is InChI=1S/5C2H6O4S.V/c5*1-2-6-7(3,4)5;/h5*2H2,1H3,(H,3,4,5);/p-5. The van der Waals surface area contributed by atoms with E-state index in [0.717, 1.165) is 0 Å². The first-order valence-electron chi connectivity index (χ1n) is 8.31. The maximum atomic E-state index is 9.45. The quantitative estimate of drug-likeness (QED) is 0.169. The molecule has 0 amide bonds. The molecule has 0 aromatic heterocycles. The summed E-state index contributed by atoms with van der Waals surface area (Å²) in [6.07, 6.45) is 0. The van der Waals surface area contributed by atoms with Crippen molar-refractivity contribution in [3.8, 4) is 0 Å². The minimum atomic E-state index is -4.42. The van der Waals surface area contributed by atoms with Crippen molar-refractivity contribution < 1.29 is 104 Å². The van der Waals surface area contributed by atoms with E-state index in [0.29, 0.717) is 0 Å². The molecule has 0 aromatic rings. The molecule has 0 N–H and O–H groups in total. The first-order valence-corrected chi connectivity index (χ1v) is 15.0. The van der Waals surface area contributed by atoms with Gasteiger partial charge in [-0.1, -0.05) is 0 Å². The molecule has 0 atom stereocenters. The Morgan fingerprint density at radius 3 is 0.444 bits per heavy atom. The molecule has 0 aliphatic carbocycles. The molecule has 0 aliphatic heterocycles. The van der Waals surface area contributed by atoms with Crippen molar-refractivity contribution in [3.05, 3.63) is 0 Å². The zero-order chi connectivity index (χ0) is 29.6. The third-order valence-corrected chi connectivity index (χ3v) is 3.93. The van der Waals surface area contributed by atoms with Gasteiger partial charge in [0.25, 0.3) is 0 Å². The molecule has 225 valence electrons. The van der Waals surface area contributed by atoms with Crippen molar-refractivity contribution in [1.29, 1.82) is 0 Å². The van der Waals surface area contributed by atoms with E-state index in [9.17, 15) is 64.9 Å². The van der Waals surface area contributed by atoms with Gasteiger partial charge in [-0.2, -0.15) is 0 Å². The second-order valence-corrected chi connectivity index (χ2v) is 9.33.